The van der Waals surface area contributed by atoms with Crippen molar-refractivity contribution in [3.63, 3.8) is 0 Å². The molecule has 7 unspecified atom stereocenters. The van der Waals surface area contributed by atoms with Gasteiger partial charge < -0.3 is 40.3 Å². The van der Waals surface area contributed by atoms with Gasteiger partial charge in [-0.05, 0) is 64.2 Å². The van der Waals surface area contributed by atoms with Crippen molar-refractivity contribution < 1.29 is 39.8 Å². The van der Waals surface area contributed by atoms with Gasteiger partial charge in [-0.25, -0.2) is 0 Å². The lowest BCUT2D eigenvalue weighted by Crippen LogP contribution is -2.60. The summed E-state index contributed by atoms with van der Waals surface area (Å²) in [6, 6.07) is -0.819. The number of allylic oxidation sites excluding steroid dienone is 7. The second kappa shape index (κ2) is 45.0. The zero-order chi connectivity index (χ0) is 46.6. The quantitative estimate of drug-likeness (QED) is 0.0261. The number of amides is 1. The summed E-state index contributed by atoms with van der Waals surface area (Å²) < 4.78 is 11.2. The fourth-order valence-electron chi connectivity index (χ4n) is 8.32. The topological polar surface area (TPSA) is 149 Å². The predicted molar refractivity (Wildman–Crippen MR) is 267 cm³/mol. The van der Waals surface area contributed by atoms with Gasteiger partial charge in [-0.3, -0.25) is 4.79 Å². The van der Waals surface area contributed by atoms with Crippen LogP contribution in [0.15, 0.2) is 48.6 Å². The molecule has 6 N–H and O–H groups in total. The number of aliphatic hydroxyl groups excluding tert-OH is 5. The lowest BCUT2D eigenvalue weighted by molar-refractivity contribution is -0.302. The number of ether oxygens (including phenoxy) is 2. The van der Waals surface area contributed by atoms with Gasteiger partial charge >= 0.3 is 0 Å². The van der Waals surface area contributed by atoms with E-state index in [2.05, 4.69) is 55.6 Å². The molecule has 0 aromatic carbocycles. The van der Waals surface area contributed by atoms with Crippen molar-refractivity contribution in [3.8, 4) is 0 Å². The SMILES string of the molecule is CCCCCC/C=C/CC/C=C/C(O)C(COC1OC(CO)C(O)C(O)C1O)NC(=O)CCCCCCCCCCCCCCCCCCCCC/C=C\C/C=C\CCCCCCC. The van der Waals surface area contributed by atoms with Crippen molar-refractivity contribution in [1.29, 1.82) is 0 Å². The lowest BCUT2D eigenvalue weighted by Gasteiger charge is -2.40. The molecular formula is C55H101NO8. The van der Waals surface area contributed by atoms with E-state index >= 15 is 0 Å². The van der Waals surface area contributed by atoms with Gasteiger partial charge in [0.1, 0.15) is 24.4 Å². The number of carbonyl (C=O) groups excluding carboxylic acids is 1. The fraction of sp³-hybridized carbons (Fsp3) is 0.836. The number of rotatable bonds is 45. The van der Waals surface area contributed by atoms with Crippen LogP contribution in [0.5, 0.6) is 0 Å². The highest BCUT2D eigenvalue weighted by Gasteiger charge is 2.44. The van der Waals surface area contributed by atoms with E-state index in [-0.39, 0.29) is 12.5 Å². The van der Waals surface area contributed by atoms with Crippen molar-refractivity contribution in [3.05, 3.63) is 48.6 Å². The molecule has 7 atom stereocenters. The van der Waals surface area contributed by atoms with Crippen LogP contribution in [0.1, 0.15) is 239 Å². The van der Waals surface area contributed by atoms with Gasteiger partial charge in [-0.1, -0.05) is 217 Å². The van der Waals surface area contributed by atoms with Crippen LogP contribution in [0.25, 0.3) is 0 Å². The number of carbonyl (C=O) groups is 1. The third-order valence-electron chi connectivity index (χ3n) is 12.6. The average molecular weight is 904 g/mol. The first kappa shape index (κ1) is 60.2. The Labute approximate surface area is 393 Å². The zero-order valence-corrected chi connectivity index (χ0v) is 41.3. The van der Waals surface area contributed by atoms with Gasteiger partial charge in [0.25, 0.3) is 0 Å². The Kier molecular flexibility index (Phi) is 42.3. The number of hydrogen-bond acceptors (Lipinski definition) is 8. The van der Waals surface area contributed by atoms with E-state index < -0.39 is 49.5 Å². The van der Waals surface area contributed by atoms with E-state index in [1.165, 1.54) is 173 Å². The Hall–Kier alpha value is -1.85. The lowest BCUT2D eigenvalue weighted by atomic mass is 9.99. The minimum absolute atomic E-state index is 0.187. The summed E-state index contributed by atoms with van der Waals surface area (Å²) in [5, 5.41) is 54.1. The first-order chi connectivity index (χ1) is 31.3. The Morgan fingerprint density at radius 3 is 1.42 bits per heavy atom. The highest BCUT2D eigenvalue weighted by atomic mass is 16.7. The van der Waals surface area contributed by atoms with E-state index in [9.17, 15) is 30.3 Å². The summed E-state index contributed by atoms with van der Waals surface area (Å²) in [6.45, 7) is 3.71. The van der Waals surface area contributed by atoms with Crippen LogP contribution in [0, 0.1) is 0 Å². The standard InChI is InChI=1S/C55H101NO8/c1-3-5-7-9-11-13-15-16-17-18-19-20-21-22-23-24-25-26-27-28-29-30-31-32-33-34-35-37-39-41-43-45-51(59)56-48(47-63-55-54(62)53(61)52(60)50(46-57)64-55)49(58)44-42-40-38-36-14-12-10-8-6-4-2/h14-16,18-19,36,42,44,48-50,52-55,57-58,60-62H,3-13,17,20-35,37-41,43,45-47H2,1-2H3,(H,56,59)/b16-15-,19-18-,36-14+,44-42+. The normalized spacial score (nSPS) is 20.4. The number of aliphatic hydroxyl groups is 5. The molecule has 1 fully saturated rings. The molecule has 1 saturated heterocycles. The molecule has 0 spiro atoms. The molecule has 1 rings (SSSR count). The average Bonchev–Trinajstić information content (AvgIpc) is 3.29. The molecule has 0 aromatic heterocycles. The Bertz CT molecular complexity index is 1140. The first-order valence-corrected chi connectivity index (χ1v) is 26.9. The predicted octanol–water partition coefficient (Wildman–Crippen LogP) is 12.6. The maximum Gasteiger partial charge on any atom is 0.220 e. The van der Waals surface area contributed by atoms with E-state index in [0.717, 1.165) is 44.9 Å². The third kappa shape index (κ3) is 34.5. The largest absolute Gasteiger partial charge is 0.394 e. The molecule has 0 aliphatic carbocycles. The number of unbranched alkanes of at least 4 members (excludes halogenated alkanes) is 29. The molecule has 1 aliphatic heterocycles. The molecular weight excluding hydrogens is 803 g/mol. The van der Waals surface area contributed by atoms with Crippen LogP contribution in [-0.4, -0.2) is 87.5 Å². The summed E-state index contributed by atoms with van der Waals surface area (Å²) >= 11 is 0. The van der Waals surface area contributed by atoms with Crippen LogP contribution in [0.2, 0.25) is 0 Å². The van der Waals surface area contributed by atoms with Gasteiger partial charge in [0.15, 0.2) is 6.29 Å². The molecule has 9 nitrogen and oxygen atoms in total. The number of nitrogens with one attached hydrogen (secondary N) is 1. The second-order valence-electron chi connectivity index (χ2n) is 18.7. The first-order valence-electron chi connectivity index (χ1n) is 26.9. The fourth-order valence-corrected chi connectivity index (χ4v) is 8.32. The molecule has 374 valence electrons. The maximum absolute atomic E-state index is 13.0. The van der Waals surface area contributed by atoms with Gasteiger partial charge in [0, 0.05) is 6.42 Å². The van der Waals surface area contributed by atoms with E-state index in [0.29, 0.717) is 6.42 Å². The second-order valence-corrected chi connectivity index (χ2v) is 18.7. The monoisotopic (exact) mass is 904 g/mol. The maximum atomic E-state index is 13.0. The molecule has 0 radical (unpaired) electrons. The van der Waals surface area contributed by atoms with Crippen LogP contribution in [0.4, 0.5) is 0 Å². The van der Waals surface area contributed by atoms with Crippen molar-refractivity contribution in [2.24, 2.45) is 0 Å². The Morgan fingerprint density at radius 2 is 0.938 bits per heavy atom. The highest BCUT2D eigenvalue weighted by Crippen LogP contribution is 2.23. The summed E-state index contributed by atoms with van der Waals surface area (Å²) in [5.74, 6) is -0.187. The van der Waals surface area contributed by atoms with Crippen LogP contribution in [0.3, 0.4) is 0 Å². The van der Waals surface area contributed by atoms with Crippen molar-refractivity contribution in [1.82, 2.24) is 5.32 Å². The smallest absolute Gasteiger partial charge is 0.220 e. The van der Waals surface area contributed by atoms with Crippen molar-refractivity contribution in [2.45, 2.75) is 281 Å². The molecule has 64 heavy (non-hydrogen) atoms. The van der Waals surface area contributed by atoms with Gasteiger partial charge in [-0.2, -0.15) is 0 Å². The Balaban J connectivity index is 2.12. The minimum atomic E-state index is -1.57. The van der Waals surface area contributed by atoms with E-state index in [4.69, 9.17) is 9.47 Å². The summed E-state index contributed by atoms with van der Waals surface area (Å²) in [5.41, 5.74) is 0. The van der Waals surface area contributed by atoms with Crippen LogP contribution in [-0.2, 0) is 14.3 Å². The minimum Gasteiger partial charge on any atom is -0.394 e. The van der Waals surface area contributed by atoms with Crippen LogP contribution >= 0.6 is 0 Å². The van der Waals surface area contributed by atoms with Crippen molar-refractivity contribution >= 4 is 5.91 Å². The summed E-state index contributed by atoms with van der Waals surface area (Å²) in [6.07, 6.45) is 52.0. The summed E-state index contributed by atoms with van der Waals surface area (Å²) in [4.78, 5) is 13.0. The molecule has 0 saturated carbocycles. The molecule has 0 bridgehead atoms. The van der Waals surface area contributed by atoms with E-state index in [1.807, 2.05) is 6.08 Å². The molecule has 1 amide bonds. The molecule has 1 heterocycles. The van der Waals surface area contributed by atoms with Gasteiger partial charge in [-0.15, -0.1) is 0 Å². The highest BCUT2D eigenvalue weighted by molar-refractivity contribution is 5.76. The van der Waals surface area contributed by atoms with Crippen LogP contribution < -0.4 is 5.32 Å². The molecule has 1 aliphatic rings. The summed E-state index contributed by atoms with van der Waals surface area (Å²) in [7, 11) is 0. The van der Waals surface area contributed by atoms with E-state index in [1.54, 1.807) is 6.08 Å². The molecule has 0 aromatic rings. The van der Waals surface area contributed by atoms with Crippen molar-refractivity contribution in [2.75, 3.05) is 13.2 Å². The third-order valence-corrected chi connectivity index (χ3v) is 12.6. The zero-order valence-electron chi connectivity index (χ0n) is 41.3. The molecule has 9 heteroatoms. The van der Waals surface area contributed by atoms with Gasteiger partial charge in [0.05, 0.1) is 25.4 Å². The number of hydrogen-bond donors (Lipinski definition) is 6. The Morgan fingerprint density at radius 1 is 0.531 bits per heavy atom. The van der Waals surface area contributed by atoms with Gasteiger partial charge in [0.2, 0.25) is 5.91 Å².